The van der Waals surface area contributed by atoms with Crippen molar-refractivity contribution in [1.29, 1.82) is 0 Å². The van der Waals surface area contributed by atoms with Gasteiger partial charge in [0.05, 0.1) is 0 Å². The van der Waals surface area contributed by atoms with Crippen LogP contribution >= 0.6 is 15.9 Å². The van der Waals surface area contributed by atoms with Gasteiger partial charge in [-0.15, -0.1) is 0 Å². The van der Waals surface area contributed by atoms with Crippen molar-refractivity contribution in [2.75, 3.05) is 6.54 Å². The first-order chi connectivity index (χ1) is 8.42. The fourth-order valence-corrected chi connectivity index (χ4v) is 2.16. The average Bonchev–Trinajstić information content (AvgIpc) is 2.31. The first-order valence-electron chi connectivity index (χ1n) is 6.17. The molecule has 0 aliphatic heterocycles. The highest BCUT2D eigenvalue weighted by Crippen LogP contribution is 2.27. The van der Waals surface area contributed by atoms with E-state index in [4.69, 9.17) is 0 Å². The molecule has 0 spiro atoms. The Morgan fingerprint density at radius 1 is 1.39 bits per heavy atom. The van der Waals surface area contributed by atoms with E-state index in [1.807, 2.05) is 31.2 Å². The molecule has 100 valence electrons. The summed E-state index contributed by atoms with van der Waals surface area (Å²) in [7, 11) is 0. The fourth-order valence-electron chi connectivity index (χ4n) is 1.89. The second-order valence-electron chi connectivity index (χ2n) is 4.85. The predicted octanol–water partition coefficient (Wildman–Crippen LogP) is 3.38. The summed E-state index contributed by atoms with van der Waals surface area (Å²) in [6.07, 6.45) is 0.511. The molecule has 1 aromatic rings. The highest BCUT2D eigenvalue weighted by molar-refractivity contribution is 9.10. The summed E-state index contributed by atoms with van der Waals surface area (Å²) in [5.41, 5.74) is -0.202. The zero-order valence-electron chi connectivity index (χ0n) is 11.0. The molecule has 0 aromatic heterocycles. The third-order valence-electron chi connectivity index (χ3n) is 3.04. The number of carboxylic acid groups (broad SMARTS) is 1. The number of hydrogen-bond acceptors (Lipinski definition) is 2. The average molecular weight is 314 g/mol. The molecule has 1 aromatic carbocycles. The molecule has 0 aliphatic carbocycles. The Hall–Kier alpha value is -0.870. The number of aliphatic carboxylic acids is 1. The second kappa shape index (κ2) is 6.34. The molecule has 0 heterocycles. The molecule has 0 bridgehead atoms. The van der Waals surface area contributed by atoms with Crippen molar-refractivity contribution in [2.45, 2.75) is 32.7 Å². The lowest BCUT2D eigenvalue weighted by molar-refractivity contribution is -0.145. The minimum Gasteiger partial charge on any atom is -0.480 e. The minimum atomic E-state index is -0.995. The SMILES string of the molecule is CCC(NCC(C)C)(C(=O)O)c1ccc(Br)cc1. The molecule has 1 rings (SSSR count). The maximum Gasteiger partial charge on any atom is 0.328 e. The van der Waals surface area contributed by atoms with Gasteiger partial charge in [-0.2, -0.15) is 0 Å². The maximum atomic E-state index is 11.7. The molecule has 0 aliphatic rings. The van der Waals surface area contributed by atoms with E-state index in [9.17, 15) is 9.90 Å². The summed E-state index contributed by atoms with van der Waals surface area (Å²) in [6.45, 7) is 6.70. The Morgan fingerprint density at radius 2 is 1.94 bits per heavy atom. The largest absolute Gasteiger partial charge is 0.480 e. The lowest BCUT2D eigenvalue weighted by Crippen LogP contribution is -2.50. The van der Waals surface area contributed by atoms with Crippen LogP contribution in [0.5, 0.6) is 0 Å². The molecule has 1 unspecified atom stereocenters. The van der Waals surface area contributed by atoms with Crippen LogP contribution in [0.1, 0.15) is 32.8 Å². The monoisotopic (exact) mass is 313 g/mol. The van der Waals surface area contributed by atoms with E-state index >= 15 is 0 Å². The van der Waals surface area contributed by atoms with Gasteiger partial charge in [-0.05, 0) is 36.6 Å². The van der Waals surface area contributed by atoms with Crippen molar-refractivity contribution in [2.24, 2.45) is 5.92 Å². The van der Waals surface area contributed by atoms with E-state index < -0.39 is 11.5 Å². The van der Waals surface area contributed by atoms with Crippen LogP contribution in [-0.4, -0.2) is 17.6 Å². The van der Waals surface area contributed by atoms with Crippen molar-refractivity contribution in [3.05, 3.63) is 34.3 Å². The first kappa shape index (κ1) is 15.2. The third-order valence-corrected chi connectivity index (χ3v) is 3.57. The van der Waals surface area contributed by atoms with Crippen LogP contribution in [0.4, 0.5) is 0 Å². The topological polar surface area (TPSA) is 49.3 Å². The number of rotatable bonds is 6. The molecular formula is C14H20BrNO2. The summed E-state index contributed by atoms with van der Waals surface area (Å²) in [5, 5.41) is 12.8. The molecule has 3 nitrogen and oxygen atoms in total. The number of benzene rings is 1. The summed E-state index contributed by atoms with van der Waals surface area (Å²) in [6, 6.07) is 7.46. The van der Waals surface area contributed by atoms with Crippen LogP contribution in [0.25, 0.3) is 0 Å². The Balaban J connectivity index is 3.10. The zero-order valence-corrected chi connectivity index (χ0v) is 12.6. The zero-order chi connectivity index (χ0) is 13.8. The molecule has 0 saturated heterocycles. The van der Waals surface area contributed by atoms with Crippen molar-refractivity contribution in [3.63, 3.8) is 0 Å². The van der Waals surface area contributed by atoms with Crippen LogP contribution in [0.15, 0.2) is 28.7 Å². The van der Waals surface area contributed by atoms with Gasteiger partial charge in [0.15, 0.2) is 0 Å². The number of halogens is 1. The van der Waals surface area contributed by atoms with Gasteiger partial charge in [0.25, 0.3) is 0 Å². The second-order valence-corrected chi connectivity index (χ2v) is 5.76. The van der Waals surface area contributed by atoms with E-state index in [1.165, 1.54) is 0 Å². The van der Waals surface area contributed by atoms with E-state index in [-0.39, 0.29) is 0 Å². The molecule has 0 amide bonds. The lowest BCUT2D eigenvalue weighted by Gasteiger charge is -2.31. The minimum absolute atomic E-state index is 0.408. The quantitative estimate of drug-likeness (QED) is 0.846. The molecule has 4 heteroatoms. The van der Waals surface area contributed by atoms with Gasteiger partial charge in [-0.1, -0.05) is 48.8 Å². The summed E-state index contributed by atoms with van der Waals surface area (Å²) >= 11 is 3.37. The summed E-state index contributed by atoms with van der Waals surface area (Å²) < 4.78 is 0.950. The Bertz CT molecular complexity index is 403. The standard InChI is InChI=1S/C14H20BrNO2/c1-4-14(13(17)18,16-9-10(2)3)11-5-7-12(15)8-6-11/h5-8,10,16H,4,9H2,1-3H3,(H,17,18). The van der Waals surface area contributed by atoms with Crippen LogP contribution in [-0.2, 0) is 10.3 Å². The molecule has 18 heavy (non-hydrogen) atoms. The fraction of sp³-hybridized carbons (Fsp3) is 0.500. The van der Waals surface area contributed by atoms with Crippen LogP contribution < -0.4 is 5.32 Å². The highest BCUT2D eigenvalue weighted by Gasteiger charge is 2.38. The number of nitrogens with one attached hydrogen (secondary N) is 1. The van der Waals surface area contributed by atoms with Gasteiger partial charge < -0.3 is 5.11 Å². The summed E-state index contributed by atoms with van der Waals surface area (Å²) in [4.78, 5) is 11.7. The number of carboxylic acids is 1. The first-order valence-corrected chi connectivity index (χ1v) is 6.96. The van der Waals surface area contributed by atoms with Gasteiger partial charge in [-0.3, -0.25) is 5.32 Å². The van der Waals surface area contributed by atoms with Gasteiger partial charge in [0.1, 0.15) is 5.54 Å². The Kier molecular flexibility index (Phi) is 5.35. The Labute approximate surface area is 117 Å². The van der Waals surface area contributed by atoms with Crippen LogP contribution in [0, 0.1) is 5.92 Å². The third kappa shape index (κ3) is 3.33. The Morgan fingerprint density at radius 3 is 2.33 bits per heavy atom. The highest BCUT2D eigenvalue weighted by atomic mass is 79.9. The summed E-state index contributed by atoms with van der Waals surface area (Å²) in [5.74, 6) is -0.418. The maximum absolute atomic E-state index is 11.7. The lowest BCUT2D eigenvalue weighted by atomic mass is 9.87. The van der Waals surface area contributed by atoms with E-state index in [0.29, 0.717) is 18.9 Å². The smallest absolute Gasteiger partial charge is 0.328 e. The van der Waals surface area contributed by atoms with Gasteiger partial charge >= 0.3 is 5.97 Å². The number of hydrogen-bond donors (Lipinski definition) is 2. The van der Waals surface area contributed by atoms with Gasteiger partial charge in [0.2, 0.25) is 0 Å². The molecule has 0 fully saturated rings. The van der Waals surface area contributed by atoms with Crippen molar-refractivity contribution < 1.29 is 9.90 Å². The van der Waals surface area contributed by atoms with E-state index in [1.54, 1.807) is 0 Å². The van der Waals surface area contributed by atoms with E-state index in [0.717, 1.165) is 10.0 Å². The molecule has 0 saturated carbocycles. The van der Waals surface area contributed by atoms with Gasteiger partial charge in [0, 0.05) is 4.47 Å². The normalized spacial score (nSPS) is 14.5. The van der Waals surface area contributed by atoms with Crippen LogP contribution in [0.3, 0.4) is 0 Å². The molecule has 2 N–H and O–H groups in total. The van der Waals surface area contributed by atoms with Crippen LogP contribution in [0.2, 0.25) is 0 Å². The molecule has 1 atom stereocenters. The van der Waals surface area contributed by atoms with Crippen molar-refractivity contribution in [3.8, 4) is 0 Å². The van der Waals surface area contributed by atoms with Crippen molar-refractivity contribution in [1.82, 2.24) is 5.32 Å². The van der Waals surface area contributed by atoms with E-state index in [2.05, 4.69) is 35.1 Å². The van der Waals surface area contributed by atoms with Gasteiger partial charge in [-0.25, -0.2) is 4.79 Å². The number of carbonyl (C=O) groups is 1. The predicted molar refractivity (Wildman–Crippen MR) is 76.6 cm³/mol. The molecule has 0 radical (unpaired) electrons. The molecular weight excluding hydrogens is 294 g/mol. The van der Waals surface area contributed by atoms with Crippen molar-refractivity contribution >= 4 is 21.9 Å².